The summed E-state index contributed by atoms with van der Waals surface area (Å²) in [6.45, 7) is 6.57. The van der Waals surface area contributed by atoms with Crippen molar-refractivity contribution >= 4 is 11.8 Å². The van der Waals surface area contributed by atoms with Gasteiger partial charge in [0, 0.05) is 30.2 Å². The van der Waals surface area contributed by atoms with Crippen LogP contribution in [0.15, 0.2) is 18.2 Å². The van der Waals surface area contributed by atoms with Crippen LogP contribution in [0.1, 0.15) is 50.9 Å². The number of nitrogens with one attached hydrogen (secondary N) is 2. The number of benzene rings is 1. The minimum atomic E-state index is -3.17. The standard InChI is InChI=1S/C21H30F3N3O3/c1-13(5-6-14-10-27(11-14)12-18(28)26-21(2,3)4)25-19(29)15-7-8-16(22)17(9-15)30-20(23)24/h7-9,13-14,20H,5-6,10-12H2,1-4H3,(H,25,29)(H,26,28). The number of amides is 2. The Bertz CT molecular complexity index is 747. The fourth-order valence-corrected chi connectivity index (χ4v) is 3.35. The highest BCUT2D eigenvalue weighted by Gasteiger charge is 2.29. The number of halogens is 3. The summed E-state index contributed by atoms with van der Waals surface area (Å²) in [6.07, 6.45) is 1.63. The average Bonchev–Trinajstić information content (AvgIpc) is 2.56. The summed E-state index contributed by atoms with van der Waals surface area (Å²) >= 11 is 0. The van der Waals surface area contributed by atoms with Crippen molar-refractivity contribution in [3.63, 3.8) is 0 Å². The van der Waals surface area contributed by atoms with Gasteiger partial charge in [-0.3, -0.25) is 14.5 Å². The summed E-state index contributed by atoms with van der Waals surface area (Å²) in [5.41, 5.74) is -0.190. The van der Waals surface area contributed by atoms with E-state index in [0.29, 0.717) is 12.5 Å². The maximum Gasteiger partial charge on any atom is 0.387 e. The zero-order chi connectivity index (χ0) is 22.5. The molecule has 9 heteroatoms. The van der Waals surface area contributed by atoms with Crippen molar-refractivity contribution in [3.8, 4) is 5.75 Å². The highest BCUT2D eigenvalue weighted by atomic mass is 19.3. The molecule has 1 saturated heterocycles. The van der Waals surface area contributed by atoms with E-state index in [1.165, 1.54) is 6.07 Å². The predicted octanol–water partition coefficient (Wildman–Crippen LogP) is 3.17. The second-order valence-corrected chi connectivity index (χ2v) is 8.83. The van der Waals surface area contributed by atoms with Gasteiger partial charge in [-0.25, -0.2) is 4.39 Å². The number of alkyl halides is 2. The van der Waals surface area contributed by atoms with Crippen LogP contribution < -0.4 is 15.4 Å². The molecule has 1 aliphatic rings. The molecule has 2 N–H and O–H groups in total. The van der Waals surface area contributed by atoms with Crippen LogP contribution in [0.4, 0.5) is 13.2 Å². The fourth-order valence-electron chi connectivity index (χ4n) is 3.35. The predicted molar refractivity (Wildman–Crippen MR) is 107 cm³/mol. The van der Waals surface area contributed by atoms with Crippen LogP contribution in [-0.4, -0.2) is 54.5 Å². The lowest BCUT2D eigenvalue weighted by Gasteiger charge is -2.39. The number of carbonyl (C=O) groups excluding carboxylic acids is 2. The van der Waals surface area contributed by atoms with Gasteiger partial charge < -0.3 is 15.4 Å². The molecule has 1 aromatic carbocycles. The van der Waals surface area contributed by atoms with Crippen molar-refractivity contribution in [1.29, 1.82) is 0 Å². The maximum absolute atomic E-state index is 13.5. The van der Waals surface area contributed by atoms with Gasteiger partial charge in [0.1, 0.15) is 0 Å². The minimum absolute atomic E-state index is 0.0102. The number of hydrogen-bond donors (Lipinski definition) is 2. The first kappa shape index (κ1) is 24.0. The zero-order valence-corrected chi connectivity index (χ0v) is 17.8. The van der Waals surface area contributed by atoms with E-state index >= 15 is 0 Å². The number of ether oxygens (including phenoxy) is 1. The van der Waals surface area contributed by atoms with Crippen molar-refractivity contribution in [2.24, 2.45) is 5.92 Å². The van der Waals surface area contributed by atoms with Gasteiger partial charge in [0.25, 0.3) is 5.91 Å². The lowest BCUT2D eigenvalue weighted by molar-refractivity contribution is -0.125. The van der Waals surface area contributed by atoms with Crippen LogP contribution in [0, 0.1) is 11.7 Å². The van der Waals surface area contributed by atoms with Crippen LogP contribution in [0.2, 0.25) is 0 Å². The van der Waals surface area contributed by atoms with Crippen LogP contribution in [0.5, 0.6) is 5.75 Å². The van der Waals surface area contributed by atoms with E-state index in [4.69, 9.17) is 0 Å². The molecule has 1 aliphatic heterocycles. The Balaban J connectivity index is 1.71. The molecule has 1 heterocycles. The Morgan fingerprint density at radius 3 is 2.53 bits per heavy atom. The topological polar surface area (TPSA) is 70.7 Å². The van der Waals surface area contributed by atoms with Crippen molar-refractivity contribution in [3.05, 3.63) is 29.6 Å². The molecule has 1 fully saturated rings. The Hall–Kier alpha value is -2.29. The third-order valence-corrected chi connectivity index (χ3v) is 4.71. The molecule has 0 aliphatic carbocycles. The van der Waals surface area contributed by atoms with Crippen LogP contribution in [0.25, 0.3) is 0 Å². The SMILES string of the molecule is CC(CCC1CN(CC(=O)NC(C)(C)C)C1)NC(=O)c1ccc(F)c(OC(F)F)c1. The van der Waals surface area contributed by atoms with Crippen LogP contribution in [0.3, 0.4) is 0 Å². The fraction of sp³-hybridized carbons (Fsp3) is 0.619. The minimum Gasteiger partial charge on any atom is -0.432 e. The van der Waals surface area contributed by atoms with Gasteiger partial charge in [-0.1, -0.05) is 0 Å². The number of nitrogens with zero attached hydrogens (tertiary/aromatic N) is 1. The monoisotopic (exact) mass is 429 g/mol. The molecule has 0 spiro atoms. The van der Waals surface area contributed by atoms with Gasteiger partial charge in [0.2, 0.25) is 5.91 Å². The van der Waals surface area contributed by atoms with Crippen molar-refractivity contribution in [2.45, 2.75) is 58.7 Å². The zero-order valence-electron chi connectivity index (χ0n) is 17.8. The third kappa shape index (κ3) is 7.85. The second-order valence-electron chi connectivity index (χ2n) is 8.83. The largest absolute Gasteiger partial charge is 0.432 e. The Morgan fingerprint density at radius 2 is 1.93 bits per heavy atom. The summed E-state index contributed by atoms with van der Waals surface area (Å²) in [4.78, 5) is 26.3. The van der Waals surface area contributed by atoms with E-state index in [1.54, 1.807) is 0 Å². The summed E-state index contributed by atoms with van der Waals surface area (Å²) in [5.74, 6) is -1.61. The quantitative estimate of drug-likeness (QED) is 0.633. The van der Waals surface area contributed by atoms with Crippen molar-refractivity contribution in [1.82, 2.24) is 15.5 Å². The summed E-state index contributed by atoms with van der Waals surface area (Å²) < 4.78 is 42.2. The molecule has 0 bridgehead atoms. The van der Waals surface area contributed by atoms with Crippen molar-refractivity contribution in [2.75, 3.05) is 19.6 Å². The molecule has 2 amide bonds. The molecule has 6 nitrogen and oxygen atoms in total. The third-order valence-electron chi connectivity index (χ3n) is 4.71. The summed E-state index contributed by atoms with van der Waals surface area (Å²) in [7, 11) is 0. The number of rotatable bonds is 9. The number of likely N-dealkylation sites (tertiary alicyclic amines) is 1. The number of carbonyl (C=O) groups is 2. The molecule has 1 unspecified atom stereocenters. The molecule has 0 aromatic heterocycles. The summed E-state index contributed by atoms with van der Waals surface area (Å²) in [5, 5.41) is 5.72. The average molecular weight is 429 g/mol. The lowest BCUT2D eigenvalue weighted by atomic mass is 9.93. The first-order chi connectivity index (χ1) is 13.9. The summed E-state index contributed by atoms with van der Waals surface area (Å²) in [6, 6.07) is 2.98. The molecule has 1 atom stereocenters. The maximum atomic E-state index is 13.5. The van der Waals surface area contributed by atoms with E-state index in [0.717, 1.165) is 38.1 Å². The normalized spacial score (nSPS) is 16.1. The molecule has 2 rings (SSSR count). The van der Waals surface area contributed by atoms with Crippen molar-refractivity contribution < 1.29 is 27.5 Å². The van der Waals surface area contributed by atoms with Gasteiger partial charge >= 0.3 is 6.61 Å². The second kappa shape index (κ2) is 10.1. The smallest absolute Gasteiger partial charge is 0.387 e. The van der Waals surface area contributed by atoms with Crippen LogP contribution in [-0.2, 0) is 4.79 Å². The van der Waals surface area contributed by atoms with Gasteiger partial charge in [-0.2, -0.15) is 8.78 Å². The molecule has 168 valence electrons. The first-order valence-corrected chi connectivity index (χ1v) is 10.0. The molecular formula is C21H30F3N3O3. The van der Waals surface area contributed by atoms with E-state index in [9.17, 15) is 22.8 Å². The van der Waals surface area contributed by atoms with Gasteiger partial charge in [0.15, 0.2) is 11.6 Å². The van der Waals surface area contributed by atoms with E-state index in [1.807, 2.05) is 27.7 Å². The highest BCUT2D eigenvalue weighted by molar-refractivity contribution is 5.94. The Morgan fingerprint density at radius 1 is 1.27 bits per heavy atom. The number of hydrogen-bond acceptors (Lipinski definition) is 4. The van der Waals surface area contributed by atoms with Gasteiger partial charge in [0.05, 0.1) is 6.54 Å². The van der Waals surface area contributed by atoms with Gasteiger partial charge in [-0.15, -0.1) is 0 Å². The lowest BCUT2D eigenvalue weighted by Crippen LogP contribution is -2.53. The Labute approximate surface area is 175 Å². The molecular weight excluding hydrogens is 399 g/mol. The molecule has 0 saturated carbocycles. The molecule has 1 aromatic rings. The Kier molecular flexibility index (Phi) is 8.11. The van der Waals surface area contributed by atoms with Gasteiger partial charge in [-0.05, 0) is 64.7 Å². The van der Waals surface area contributed by atoms with E-state index < -0.39 is 24.1 Å². The van der Waals surface area contributed by atoms with E-state index in [2.05, 4.69) is 20.3 Å². The van der Waals surface area contributed by atoms with Crippen LogP contribution >= 0.6 is 0 Å². The molecule has 30 heavy (non-hydrogen) atoms. The van der Waals surface area contributed by atoms with E-state index in [-0.39, 0.29) is 23.1 Å². The molecule has 0 radical (unpaired) electrons. The first-order valence-electron chi connectivity index (χ1n) is 10.0. The highest BCUT2D eigenvalue weighted by Crippen LogP contribution is 2.23.